The van der Waals surface area contributed by atoms with E-state index in [1.807, 2.05) is 0 Å². The standard InChI is InChI=1S/C26H21ClFN3O6S2/c27-13-1-6-17(37-12-18(32)30-7-9-36-10-8-30)16(11-13)19-20-22(38-23-21(19)39-26(35)29-23)25(34)31(24(20)33)15-4-2-14(28)3-5-15/h1-6,11,19-20,22H,7-10,12H2,(H,29,35)/t19-,20-,22+/m0/s1. The van der Waals surface area contributed by atoms with E-state index in [0.29, 0.717) is 52.5 Å². The lowest BCUT2D eigenvalue weighted by atomic mass is 9.82. The third-order valence-electron chi connectivity index (χ3n) is 6.93. The molecule has 3 aliphatic rings. The zero-order chi connectivity index (χ0) is 27.3. The number of anilines is 1. The van der Waals surface area contributed by atoms with Crippen LogP contribution in [-0.4, -0.2) is 65.8 Å². The van der Waals surface area contributed by atoms with Crippen molar-refractivity contribution in [1.29, 1.82) is 0 Å². The number of aromatic nitrogens is 1. The number of imide groups is 1. The van der Waals surface area contributed by atoms with Gasteiger partial charge in [-0.05, 0) is 42.5 Å². The number of hydrogen-bond donors (Lipinski definition) is 1. The van der Waals surface area contributed by atoms with Crippen LogP contribution < -0.4 is 14.5 Å². The van der Waals surface area contributed by atoms with Gasteiger partial charge in [-0.2, -0.15) is 0 Å². The molecule has 2 saturated heterocycles. The zero-order valence-electron chi connectivity index (χ0n) is 20.2. The summed E-state index contributed by atoms with van der Waals surface area (Å²) in [4.78, 5) is 58.4. The second kappa shape index (κ2) is 10.4. The molecule has 39 heavy (non-hydrogen) atoms. The minimum absolute atomic E-state index is 0.210. The summed E-state index contributed by atoms with van der Waals surface area (Å²) >= 11 is 8.47. The Hall–Kier alpha value is -3.19. The van der Waals surface area contributed by atoms with Crippen molar-refractivity contribution in [2.45, 2.75) is 16.2 Å². The summed E-state index contributed by atoms with van der Waals surface area (Å²) in [7, 11) is 0. The number of carbonyl (C=O) groups is 3. The number of carbonyl (C=O) groups excluding carboxylic acids is 3. The molecule has 1 aromatic heterocycles. The van der Waals surface area contributed by atoms with Gasteiger partial charge in [-0.1, -0.05) is 34.7 Å². The second-order valence-electron chi connectivity index (χ2n) is 9.20. The van der Waals surface area contributed by atoms with Gasteiger partial charge in [0, 0.05) is 34.5 Å². The van der Waals surface area contributed by atoms with Gasteiger partial charge in [-0.25, -0.2) is 9.29 Å². The van der Waals surface area contributed by atoms with E-state index in [2.05, 4.69) is 4.98 Å². The first-order chi connectivity index (χ1) is 18.8. The van der Waals surface area contributed by atoms with E-state index in [1.165, 1.54) is 24.3 Å². The summed E-state index contributed by atoms with van der Waals surface area (Å²) in [5.74, 6) is -2.95. The Labute approximate surface area is 234 Å². The van der Waals surface area contributed by atoms with E-state index >= 15 is 0 Å². The lowest BCUT2D eigenvalue weighted by Gasteiger charge is -2.31. The second-order valence-corrected chi connectivity index (χ2v) is 11.8. The molecule has 4 heterocycles. The Morgan fingerprint density at radius 3 is 2.59 bits per heavy atom. The number of morpholine rings is 1. The smallest absolute Gasteiger partial charge is 0.305 e. The summed E-state index contributed by atoms with van der Waals surface area (Å²) in [6.45, 7) is 1.60. The fraction of sp³-hybridized carbons (Fsp3) is 0.308. The quantitative estimate of drug-likeness (QED) is 0.455. The minimum atomic E-state index is -0.887. The Morgan fingerprint density at radius 1 is 1.10 bits per heavy atom. The molecular weight excluding hydrogens is 569 g/mol. The van der Waals surface area contributed by atoms with E-state index in [4.69, 9.17) is 21.1 Å². The molecule has 3 amide bonds. The molecule has 0 saturated carbocycles. The highest BCUT2D eigenvalue weighted by molar-refractivity contribution is 8.00. The molecule has 2 aromatic carbocycles. The van der Waals surface area contributed by atoms with E-state index in [9.17, 15) is 23.6 Å². The van der Waals surface area contributed by atoms with E-state index in [1.54, 1.807) is 23.1 Å². The van der Waals surface area contributed by atoms with Crippen LogP contribution >= 0.6 is 34.7 Å². The topological polar surface area (TPSA) is 109 Å². The molecule has 13 heteroatoms. The largest absolute Gasteiger partial charge is 0.483 e. The summed E-state index contributed by atoms with van der Waals surface area (Å²) in [6.07, 6.45) is 0. The lowest BCUT2D eigenvalue weighted by Crippen LogP contribution is -2.43. The summed E-state index contributed by atoms with van der Waals surface area (Å²) in [5.41, 5.74) is 0.752. The molecule has 1 N–H and O–H groups in total. The number of thiazole rings is 1. The summed E-state index contributed by atoms with van der Waals surface area (Å²) in [6, 6.07) is 10.0. The van der Waals surface area contributed by atoms with Gasteiger partial charge >= 0.3 is 4.87 Å². The first-order valence-corrected chi connectivity index (χ1v) is 14.2. The summed E-state index contributed by atoms with van der Waals surface area (Å²) in [5, 5.41) is 0.0176. The van der Waals surface area contributed by atoms with Crippen LogP contribution in [0.25, 0.3) is 0 Å². The Bertz CT molecular complexity index is 1520. The maximum Gasteiger partial charge on any atom is 0.305 e. The number of halogens is 2. The average Bonchev–Trinajstić information content (AvgIpc) is 3.43. The van der Waals surface area contributed by atoms with Gasteiger partial charge in [0.25, 0.3) is 5.91 Å². The molecule has 0 spiro atoms. The average molecular weight is 590 g/mol. The number of benzene rings is 2. The van der Waals surface area contributed by atoms with Crippen LogP contribution in [-0.2, 0) is 19.1 Å². The number of amides is 3. The number of fused-ring (bicyclic) bond motifs is 2. The Kier molecular flexibility index (Phi) is 6.96. The van der Waals surface area contributed by atoms with Gasteiger partial charge < -0.3 is 19.4 Å². The highest BCUT2D eigenvalue weighted by Crippen LogP contribution is 2.54. The molecule has 6 rings (SSSR count). The van der Waals surface area contributed by atoms with Crippen LogP contribution in [0, 0.1) is 11.7 Å². The van der Waals surface area contributed by atoms with E-state index < -0.39 is 34.7 Å². The van der Waals surface area contributed by atoms with Crippen molar-refractivity contribution in [3.63, 3.8) is 0 Å². The number of thioether (sulfide) groups is 1. The number of ether oxygens (including phenoxy) is 2. The predicted molar refractivity (Wildman–Crippen MR) is 143 cm³/mol. The number of nitrogens with one attached hydrogen (secondary N) is 1. The van der Waals surface area contributed by atoms with E-state index in [0.717, 1.165) is 28.0 Å². The number of hydrogen-bond acceptors (Lipinski definition) is 8. The fourth-order valence-corrected chi connectivity index (χ4v) is 7.82. The first kappa shape index (κ1) is 26.1. The molecule has 2 fully saturated rings. The molecular formula is C26H21ClFN3O6S2. The van der Waals surface area contributed by atoms with Crippen molar-refractivity contribution in [2.24, 2.45) is 5.92 Å². The number of H-pyrrole nitrogens is 1. The van der Waals surface area contributed by atoms with Crippen molar-refractivity contribution < 1.29 is 28.2 Å². The highest BCUT2D eigenvalue weighted by Gasteiger charge is 2.56. The van der Waals surface area contributed by atoms with Crippen molar-refractivity contribution in [1.82, 2.24) is 9.88 Å². The van der Waals surface area contributed by atoms with Crippen LogP contribution in [0.3, 0.4) is 0 Å². The Balaban J connectivity index is 1.39. The molecule has 0 aliphatic carbocycles. The Morgan fingerprint density at radius 2 is 1.85 bits per heavy atom. The van der Waals surface area contributed by atoms with E-state index in [-0.39, 0.29) is 23.1 Å². The van der Waals surface area contributed by atoms with Gasteiger partial charge in [-0.3, -0.25) is 19.2 Å². The maximum atomic E-state index is 13.9. The van der Waals surface area contributed by atoms with Crippen molar-refractivity contribution >= 4 is 58.1 Å². The number of rotatable bonds is 5. The molecule has 202 valence electrons. The molecule has 3 aliphatic heterocycles. The monoisotopic (exact) mass is 589 g/mol. The van der Waals surface area contributed by atoms with Crippen LogP contribution in [0.1, 0.15) is 16.4 Å². The van der Waals surface area contributed by atoms with Crippen molar-refractivity contribution in [3.05, 3.63) is 73.4 Å². The third-order valence-corrected chi connectivity index (χ3v) is 9.57. The minimum Gasteiger partial charge on any atom is -0.483 e. The fourth-order valence-electron chi connectivity index (χ4n) is 5.13. The zero-order valence-corrected chi connectivity index (χ0v) is 22.6. The summed E-state index contributed by atoms with van der Waals surface area (Å²) < 4.78 is 24.9. The van der Waals surface area contributed by atoms with Gasteiger partial charge in [0.15, 0.2) is 6.61 Å². The molecule has 0 unspecified atom stereocenters. The molecule has 3 aromatic rings. The van der Waals surface area contributed by atoms with Gasteiger partial charge in [0.2, 0.25) is 11.8 Å². The predicted octanol–water partition coefficient (Wildman–Crippen LogP) is 3.26. The van der Waals surface area contributed by atoms with Crippen molar-refractivity contribution in [3.8, 4) is 5.75 Å². The van der Waals surface area contributed by atoms with Gasteiger partial charge in [0.05, 0.1) is 29.8 Å². The number of aromatic amines is 1. The normalized spacial score (nSPS) is 22.6. The highest BCUT2D eigenvalue weighted by atomic mass is 35.5. The van der Waals surface area contributed by atoms with Crippen LogP contribution in [0.2, 0.25) is 5.02 Å². The van der Waals surface area contributed by atoms with Crippen LogP contribution in [0.4, 0.5) is 10.1 Å². The maximum absolute atomic E-state index is 13.9. The molecule has 0 bridgehead atoms. The van der Waals surface area contributed by atoms with Crippen molar-refractivity contribution in [2.75, 3.05) is 37.8 Å². The number of nitrogens with zero attached hydrogens (tertiary/aromatic N) is 2. The first-order valence-electron chi connectivity index (χ1n) is 12.1. The SMILES string of the molecule is O=C(COc1ccc(Cl)cc1[C@@H]1c2sc(=O)[nH]c2S[C@H]2C(=O)N(c3ccc(F)cc3)C(=O)[C@@H]12)N1CCOCC1. The molecule has 0 radical (unpaired) electrons. The molecule has 9 nitrogen and oxygen atoms in total. The lowest BCUT2D eigenvalue weighted by molar-refractivity contribution is -0.137. The molecule has 3 atom stereocenters. The van der Waals surface area contributed by atoms with Crippen LogP contribution in [0.15, 0.2) is 52.3 Å². The van der Waals surface area contributed by atoms with Crippen LogP contribution in [0.5, 0.6) is 5.75 Å². The third kappa shape index (κ3) is 4.75. The van der Waals surface area contributed by atoms with Gasteiger partial charge in [-0.15, -0.1) is 0 Å². The van der Waals surface area contributed by atoms with Gasteiger partial charge in [0.1, 0.15) is 16.8 Å².